The number of hydrogen-bond acceptors (Lipinski definition) is 5. The SMILES string of the molecule is N#CSc1ncnn1CC(O)(Cc1ccccc1Cl)C1(Cl)CC1. The van der Waals surface area contributed by atoms with Crippen molar-refractivity contribution < 1.29 is 5.11 Å². The van der Waals surface area contributed by atoms with Crippen molar-refractivity contribution in [2.45, 2.75) is 41.4 Å². The van der Waals surface area contributed by atoms with Crippen molar-refractivity contribution in [2.24, 2.45) is 0 Å². The van der Waals surface area contributed by atoms with Gasteiger partial charge >= 0.3 is 0 Å². The Morgan fingerprint density at radius 3 is 2.83 bits per heavy atom. The molecule has 1 atom stereocenters. The molecule has 0 bridgehead atoms. The maximum atomic E-state index is 11.3. The first-order valence-electron chi connectivity index (χ1n) is 7.06. The van der Waals surface area contributed by atoms with Crippen LogP contribution in [0, 0.1) is 10.7 Å². The minimum atomic E-state index is -1.22. The summed E-state index contributed by atoms with van der Waals surface area (Å²) < 4.78 is 1.52. The van der Waals surface area contributed by atoms with E-state index in [0.717, 1.165) is 30.2 Å². The zero-order valence-corrected chi connectivity index (χ0v) is 14.4. The largest absolute Gasteiger partial charge is 0.386 e. The average Bonchev–Trinajstić information content (AvgIpc) is 3.14. The summed E-state index contributed by atoms with van der Waals surface area (Å²) in [5.74, 6) is 0. The molecule has 23 heavy (non-hydrogen) atoms. The molecule has 120 valence electrons. The molecule has 1 N–H and O–H groups in total. The predicted molar refractivity (Wildman–Crippen MR) is 89.4 cm³/mol. The molecular formula is C15H14Cl2N4OS. The van der Waals surface area contributed by atoms with Crippen LogP contribution in [0.25, 0.3) is 0 Å². The lowest BCUT2D eigenvalue weighted by Crippen LogP contribution is -2.47. The Hall–Kier alpha value is -1.26. The molecule has 5 nitrogen and oxygen atoms in total. The Kier molecular flexibility index (Phi) is 4.56. The van der Waals surface area contributed by atoms with E-state index >= 15 is 0 Å². The molecule has 1 heterocycles. The van der Waals surface area contributed by atoms with Crippen LogP contribution in [0.5, 0.6) is 0 Å². The van der Waals surface area contributed by atoms with Crippen LogP contribution in [-0.4, -0.2) is 30.3 Å². The summed E-state index contributed by atoms with van der Waals surface area (Å²) in [6.07, 6.45) is 3.13. The van der Waals surface area contributed by atoms with Crippen LogP contribution in [0.4, 0.5) is 0 Å². The highest BCUT2D eigenvalue weighted by molar-refractivity contribution is 8.03. The quantitative estimate of drug-likeness (QED) is 0.481. The van der Waals surface area contributed by atoms with Crippen molar-refractivity contribution in [3.8, 4) is 5.40 Å². The van der Waals surface area contributed by atoms with E-state index in [1.807, 2.05) is 23.6 Å². The second-order valence-corrected chi connectivity index (χ2v) is 7.54. The molecule has 1 aromatic heterocycles. The lowest BCUT2D eigenvalue weighted by atomic mass is 9.89. The van der Waals surface area contributed by atoms with Crippen LogP contribution >= 0.6 is 35.0 Å². The van der Waals surface area contributed by atoms with Gasteiger partial charge in [0, 0.05) is 23.2 Å². The van der Waals surface area contributed by atoms with E-state index in [2.05, 4.69) is 10.1 Å². The second-order valence-electron chi connectivity index (χ2n) is 5.66. The number of halogens is 2. The van der Waals surface area contributed by atoms with Crippen LogP contribution < -0.4 is 0 Å². The van der Waals surface area contributed by atoms with E-state index in [0.29, 0.717) is 16.6 Å². The van der Waals surface area contributed by atoms with Crippen LogP contribution in [0.15, 0.2) is 35.7 Å². The minimum Gasteiger partial charge on any atom is -0.386 e. The van der Waals surface area contributed by atoms with E-state index in [1.165, 1.54) is 11.0 Å². The third kappa shape index (κ3) is 3.33. The smallest absolute Gasteiger partial charge is 0.200 e. The van der Waals surface area contributed by atoms with Gasteiger partial charge in [-0.15, -0.1) is 11.6 Å². The van der Waals surface area contributed by atoms with E-state index in [9.17, 15) is 5.11 Å². The van der Waals surface area contributed by atoms with Crippen molar-refractivity contribution in [3.63, 3.8) is 0 Å². The Balaban J connectivity index is 1.90. The van der Waals surface area contributed by atoms with Gasteiger partial charge in [0.1, 0.15) is 17.3 Å². The van der Waals surface area contributed by atoms with Gasteiger partial charge in [-0.1, -0.05) is 29.8 Å². The van der Waals surface area contributed by atoms with Gasteiger partial charge in [0.15, 0.2) is 0 Å². The van der Waals surface area contributed by atoms with Gasteiger partial charge < -0.3 is 5.11 Å². The Morgan fingerprint density at radius 1 is 1.43 bits per heavy atom. The molecule has 0 amide bonds. The molecular weight excluding hydrogens is 355 g/mol. The van der Waals surface area contributed by atoms with Crippen molar-refractivity contribution >= 4 is 35.0 Å². The highest BCUT2D eigenvalue weighted by Crippen LogP contribution is 2.53. The number of hydrogen-bond donors (Lipinski definition) is 1. The van der Waals surface area contributed by atoms with Crippen LogP contribution in [0.3, 0.4) is 0 Å². The van der Waals surface area contributed by atoms with Crippen molar-refractivity contribution in [2.75, 3.05) is 0 Å². The molecule has 8 heteroatoms. The molecule has 2 aromatic rings. The van der Waals surface area contributed by atoms with Crippen molar-refractivity contribution in [3.05, 3.63) is 41.2 Å². The highest BCUT2D eigenvalue weighted by Gasteiger charge is 2.58. The average molecular weight is 369 g/mol. The normalized spacial score (nSPS) is 18.2. The third-order valence-electron chi connectivity index (χ3n) is 4.09. The predicted octanol–water partition coefficient (Wildman–Crippen LogP) is 3.25. The van der Waals surface area contributed by atoms with Gasteiger partial charge in [-0.25, -0.2) is 9.67 Å². The van der Waals surface area contributed by atoms with E-state index in [1.54, 1.807) is 6.07 Å². The molecule has 0 spiro atoms. The first-order valence-corrected chi connectivity index (χ1v) is 8.63. The number of nitriles is 1. The molecule has 0 aliphatic heterocycles. The van der Waals surface area contributed by atoms with Gasteiger partial charge in [0.2, 0.25) is 5.16 Å². The summed E-state index contributed by atoms with van der Waals surface area (Å²) in [6.45, 7) is 0.158. The minimum absolute atomic E-state index is 0.158. The Labute approximate surface area is 148 Å². The first kappa shape index (κ1) is 16.6. The third-order valence-corrected chi connectivity index (χ3v) is 5.78. The number of alkyl halides is 1. The van der Waals surface area contributed by atoms with E-state index < -0.39 is 10.5 Å². The van der Waals surface area contributed by atoms with Crippen LogP contribution in [0.1, 0.15) is 18.4 Å². The summed E-state index contributed by atoms with van der Waals surface area (Å²) in [6, 6.07) is 7.39. The molecule has 0 radical (unpaired) electrons. The molecule has 3 rings (SSSR count). The number of nitrogens with zero attached hydrogens (tertiary/aromatic N) is 4. The van der Waals surface area contributed by atoms with Gasteiger partial charge in [-0.05, 0) is 24.5 Å². The Bertz CT molecular complexity index is 756. The summed E-state index contributed by atoms with van der Waals surface area (Å²) in [4.78, 5) is 3.33. The first-order chi connectivity index (χ1) is 11.0. The molecule has 0 saturated heterocycles. The molecule has 1 aromatic carbocycles. The molecule has 1 fully saturated rings. The maximum Gasteiger partial charge on any atom is 0.200 e. The van der Waals surface area contributed by atoms with Crippen LogP contribution in [0.2, 0.25) is 5.02 Å². The number of thiocyanates is 1. The summed E-state index contributed by atoms with van der Waals surface area (Å²) in [7, 11) is 0. The zero-order chi connectivity index (χ0) is 16.5. The number of aromatic nitrogens is 3. The van der Waals surface area contributed by atoms with E-state index in [4.69, 9.17) is 28.5 Å². The molecule has 1 unspecified atom stereocenters. The fourth-order valence-corrected chi connectivity index (χ4v) is 3.44. The number of aliphatic hydroxyl groups is 1. The fourth-order valence-electron chi connectivity index (χ4n) is 2.62. The van der Waals surface area contributed by atoms with Crippen molar-refractivity contribution in [1.29, 1.82) is 5.26 Å². The molecule has 1 saturated carbocycles. The van der Waals surface area contributed by atoms with Crippen LogP contribution in [-0.2, 0) is 13.0 Å². The van der Waals surface area contributed by atoms with Gasteiger partial charge in [0.25, 0.3) is 0 Å². The van der Waals surface area contributed by atoms with Gasteiger partial charge in [0.05, 0.1) is 11.4 Å². The lowest BCUT2D eigenvalue weighted by Gasteiger charge is -2.33. The lowest BCUT2D eigenvalue weighted by molar-refractivity contribution is 0.00527. The fraction of sp³-hybridized carbons (Fsp3) is 0.400. The monoisotopic (exact) mass is 368 g/mol. The summed E-state index contributed by atoms with van der Waals surface area (Å²) in [5.41, 5.74) is -0.393. The summed E-state index contributed by atoms with van der Waals surface area (Å²) >= 11 is 13.7. The number of rotatable bonds is 6. The number of thioether (sulfide) groups is 1. The van der Waals surface area contributed by atoms with Gasteiger partial charge in [-0.2, -0.15) is 10.4 Å². The highest BCUT2D eigenvalue weighted by atomic mass is 35.5. The second kappa shape index (κ2) is 6.33. The maximum absolute atomic E-state index is 11.3. The summed E-state index contributed by atoms with van der Waals surface area (Å²) in [5, 5.41) is 27.2. The van der Waals surface area contributed by atoms with E-state index in [-0.39, 0.29) is 6.54 Å². The molecule has 1 aliphatic carbocycles. The van der Waals surface area contributed by atoms with Crippen molar-refractivity contribution in [1.82, 2.24) is 14.8 Å². The Morgan fingerprint density at radius 2 is 2.17 bits per heavy atom. The number of benzene rings is 1. The topological polar surface area (TPSA) is 74.7 Å². The molecule has 1 aliphatic rings. The zero-order valence-electron chi connectivity index (χ0n) is 12.1. The van der Waals surface area contributed by atoms with Gasteiger partial charge in [-0.3, -0.25) is 0 Å². The standard InChI is InChI=1S/C15H14Cl2N4OS/c16-12-4-2-1-3-11(12)7-15(22,14(17)5-6-14)8-21-13(23-9-18)19-10-20-21/h1-4,10,22H,5-8H2.